The van der Waals surface area contributed by atoms with Crippen LogP contribution >= 0.6 is 11.8 Å². The predicted octanol–water partition coefficient (Wildman–Crippen LogP) is 4.65. The summed E-state index contributed by atoms with van der Waals surface area (Å²) in [6, 6.07) is 15.4. The van der Waals surface area contributed by atoms with Crippen LogP contribution in [0.4, 0.5) is 5.82 Å². The van der Waals surface area contributed by atoms with E-state index in [2.05, 4.69) is 54.3 Å². The van der Waals surface area contributed by atoms with Gasteiger partial charge in [-0.1, -0.05) is 35.9 Å². The fourth-order valence-electron chi connectivity index (χ4n) is 3.83. The molecule has 1 aromatic heterocycles. The number of morpholine rings is 1. The van der Waals surface area contributed by atoms with Crippen molar-refractivity contribution in [1.29, 1.82) is 0 Å². The van der Waals surface area contributed by atoms with Crippen molar-refractivity contribution in [3.63, 3.8) is 0 Å². The number of fused-ring (bicyclic) bond motifs is 5. The van der Waals surface area contributed by atoms with Gasteiger partial charge in [0.2, 0.25) is 0 Å². The minimum Gasteiger partial charge on any atom is -0.378 e. The zero-order valence-electron chi connectivity index (χ0n) is 14.3. The first-order chi connectivity index (χ1) is 12.3. The van der Waals surface area contributed by atoms with Crippen molar-refractivity contribution in [3.8, 4) is 11.1 Å². The van der Waals surface area contributed by atoms with Crippen LogP contribution < -0.4 is 4.90 Å². The zero-order valence-corrected chi connectivity index (χ0v) is 15.1. The lowest BCUT2D eigenvalue weighted by Gasteiger charge is -2.32. The molecule has 126 valence electrons. The summed E-state index contributed by atoms with van der Waals surface area (Å²) < 4.78 is 5.55. The van der Waals surface area contributed by atoms with Crippen molar-refractivity contribution in [1.82, 2.24) is 4.98 Å². The van der Waals surface area contributed by atoms with Crippen molar-refractivity contribution >= 4 is 28.5 Å². The highest BCUT2D eigenvalue weighted by Crippen LogP contribution is 2.47. The number of rotatable bonds is 1. The number of pyridine rings is 1. The van der Waals surface area contributed by atoms with E-state index in [1.54, 1.807) is 0 Å². The number of para-hydroxylation sites is 1. The third-order valence-electron chi connectivity index (χ3n) is 5.06. The molecule has 2 aliphatic heterocycles. The van der Waals surface area contributed by atoms with E-state index in [1.165, 1.54) is 32.5 Å². The monoisotopic (exact) mass is 348 g/mol. The number of hydrogen-bond acceptors (Lipinski definition) is 4. The van der Waals surface area contributed by atoms with E-state index in [0.717, 1.165) is 43.4 Å². The lowest BCUT2D eigenvalue weighted by Crippen LogP contribution is -2.37. The second kappa shape index (κ2) is 6.04. The Balaban J connectivity index is 1.82. The van der Waals surface area contributed by atoms with Gasteiger partial charge in [-0.25, -0.2) is 4.98 Å². The number of hydrogen-bond donors (Lipinski definition) is 0. The van der Waals surface area contributed by atoms with Gasteiger partial charge in [-0.3, -0.25) is 0 Å². The SMILES string of the molecule is Cc1ccc2c(c1)-c1c(c(N3CCOCC3)nc3ccccc13)CS2. The Hall–Kier alpha value is -2.04. The molecule has 5 rings (SSSR count). The summed E-state index contributed by atoms with van der Waals surface area (Å²) in [7, 11) is 0. The molecule has 3 aromatic rings. The molecule has 0 bridgehead atoms. The van der Waals surface area contributed by atoms with Crippen molar-refractivity contribution in [2.75, 3.05) is 31.2 Å². The van der Waals surface area contributed by atoms with Crippen LogP contribution in [0.25, 0.3) is 22.0 Å². The Morgan fingerprint density at radius 3 is 2.80 bits per heavy atom. The lowest BCUT2D eigenvalue weighted by molar-refractivity contribution is 0.122. The fraction of sp³-hybridized carbons (Fsp3) is 0.286. The van der Waals surface area contributed by atoms with Crippen molar-refractivity contribution < 1.29 is 4.74 Å². The molecule has 0 unspecified atom stereocenters. The molecule has 25 heavy (non-hydrogen) atoms. The van der Waals surface area contributed by atoms with Gasteiger partial charge < -0.3 is 9.64 Å². The quantitative estimate of drug-likeness (QED) is 0.639. The van der Waals surface area contributed by atoms with Gasteiger partial charge in [-0.15, -0.1) is 11.8 Å². The Morgan fingerprint density at radius 1 is 1.08 bits per heavy atom. The summed E-state index contributed by atoms with van der Waals surface area (Å²) in [5.41, 5.74) is 6.51. The summed E-state index contributed by atoms with van der Waals surface area (Å²) in [5, 5.41) is 1.27. The van der Waals surface area contributed by atoms with E-state index in [-0.39, 0.29) is 0 Å². The number of aryl methyl sites for hydroxylation is 1. The number of aromatic nitrogens is 1. The summed E-state index contributed by atoms with van der Waals surface area (Å²) >= 11 is 1.93. The molecule has 0 aliphatic carbocycles. The highest BCUT2D eigenvalue weighted by molar-refractivity contribution is 7.98. The van der Waals surface area contributed by atoms with E-state index >= 15 is 0 Å². The zero-order chi connectivity index (χ0) is 16.8. The molecule has 4 heteroatoms. The Bertz CT molecular complexity index is 964. The largest absolute Gasteiger partial charge is 0.378 e. The van der Waals surface area contributed by atoms with Gasteiger partial charge in [0.1, 0.15) is 5.82 Å². The molecule has 2 aromatic carbocycles. The maximum absolute atomic E-state index is 5.55. The van der Waals surface area contributed by atoms with Crippen LogP contribution in [0.5, 0.6) is 0 Å². The van der Waals surface area contributed by atoms with Crippen LogP contribution in [0.15, 0.2) is 47.4 Å². The van der Waals surface area contributed by atoms with Gasteiger partial charge in [0, 0.05) is 34.7 Å². The molecule has 1 fully saturated rings. The van der Waals surface area contributed by atoms with Crippen LogP contribution in [-0.4, -0.2) is 31.3 Å². The Labute approximate surface area is 152 Å². The highest BCUT2D eigenvalue weighted by Gasteiger charge is 2.26. The second-order valence-corrected chi connectivity index (χ2v) is 7.71. The first kappa shape index (κ1) is 15.2. The number of benzene rings is 2. The number of anilines is 1. The molecular weight excluding hydrogens is 328 g/mol. The molecule has 0 radical (unpaired) electrons. The summed E-state index contributed by atoms with van der Waals surface area (Å²) in [5.74, 6) is 2.13. The van der Waals surface area contributed by atoms with Gasteiger partial charge in [0.25, 0.3) is 0 Å². The highest BCUT2D eigenvalue weighted by atomic mass is 32.2. The van der Waals surface area contributed by atoms with Crippen LogP contribution in [-0.2, 0) is 10.5 Å². The first-order valence-corrected chi connectivity index (χ1v) is 9.78. The van der Waals surface area contributed by atoms with Gasteiger partial charge in [0.05, 0.1) is 18.7 Å². The van der Waals surface area contributed by atoms with E-state index in [9.17, 15) is 0 Å². The van der Waals surface area contributed by atoms with Crippen LogP contribution in [0.3, 0.4) is 0 Å². The number of thioether (sulfide) groups is 1. The summed E-state index contributed by atoms with van der Waals surface area (Å²) in [6.07, 6.45) is 0. The normalized spacial score (nSPS) is 16.6. The summed E-state index contributed by atoms with van der Waals surface area (Å²) in [6.45, 7) is 5.58. The van der Waals surface area contributed by atoms with Crippen molar-refractivity contribution in [2.24, 2.45) is 0 Å². The van der Waals surface area contributed by atoms with Gasteiger partial charge in [0.15, 0.2) is 0 Å². The minimum absolute atomic E-state index is 0.784. The number of ether oxygens (including phenoxy) is 1. The topological polar surface area (TPSA) is 25.4 Å². The molecule has 0 atom stereocenters. The van der Waals surface area contributed by atoms with Crippen LogP contribution in [0, 0.1) is 6.92 Å². The molecule has 3 nitrogen and oxygen atoms in total. The first-order valence-electron chi connectivity index (χ1n) is 8.79. The average molecular weight is 348 g/mol. The van der Waals surface area contributed by atoms with Crippen LogP contribution in [0.1, 0.15) is 11.1 Å². The van der Waals surface area contributed by atoms with E-state index in [4.69, 9.17) is 9.72 Å². The van der Waals surface area contributed by atoms with E-state index in [1.807, 2.05) is 11.8 Å². The van der Waals surface area contributed by atoms with Gasteiger partial charge in [-0.2, -0.15) is 0 Å². The molecule has 2 aliphatic rings. The molecule has 0 N–H and O–H groups in total. The van der Waals surface area contributed by atoms with Gasteiger partial charge in [-0.05, 0) is 30.2 Å². The molecular formula is C21H20N2OS. The molecule has 0 saturated carbocycles. The predicted molar refractivity (Wildman–Crippen MR) is 105 cm³/mol. The molecule has 0 spiro atoms. The third kappa shape index (κ3) is 2.52. The van der Waals surface area contributed by atoms with Crippen LogP contribution in [0.2, 0.25) is 0 Å². The number of nitrogens with zero attached hydrogens (tertiary/aromatic N) is 2. The minimum atomic E-state index is 0.784. The van der Waals surface area contributed by atoms with Crippen molar-refractivity contribution in [2.45, 2.75) is 17.6 Å². The van der Waals surface area contributed by atoms with Gasteiger partial charge >= 0.3 is 0 Å². The van der Waals surface area contributed by atoms with Crippen molar-refractivity contribution in [3.05, 3.63) is 53.6 Å². The average Bonchev–Trinajstić information content (AvgIpc) is 2.67. The Kier molecular flexibility index (Phi) is 3.68. The fourth-order valence-corrected chi connectivity index (χ4v) is 4.89. The van der Waals surface area contributed by atoms with E-state index in [0.29, 0.717) is 0 Å². The summed E-state index contributed by atoms with van der Waals surface area (Å²) in [4.78, 5) is 8.84. The molecule has 0 amide bonds. The maximum Gasteiger partial charge on any atom is 0.134 e. The Morgan fingerprint density at radius 2 is 1.92 bits per heavy atom. The molecule has 1 saturated heterocycles. The third-order valence-corrected chi connectivity index (χ3v) is 6.16. The van der Waals surface area contributed by atoms with E-state index < -0.39 is 0 Å². The molecule has 3 heterocycles. The maximum atomic E-state index is 5.55. The standard InChI is InChI=1S/C21H20N2OS/c1-14-6-7-19-16(12-14)20-15-4-2-3-5-18(15)22-21(17(20)13-25-19)23-8-10-24-11-9-23/h2-7,12H,8-11,13H2,1H3. The second-order valence-electron chi connectivity index (χ2n) is 6.69. The lowest BCUT2D eigenvalue weighted by atomic mass is 9.94. The smallest absolute Gasteiger partial charge is 0.134 e.